The second-order valence-electron chi connectivity index (χ2n) is 8.05. The number of amides is 1. The van der Waals surface area contributed by atoms with Gasteiger partial charge in [-0.1, -0.05) is 59.3 Å². The molecule has 1 heterocycles. The lowest BCUT2D eigenvalue weighted by Gasteiger charge is -2.23. The van der Waals surface area contributed by atoms with Crippen LogP contribution in [0.15, 0.2) is 16.5 Å². The summed E-state index contributed by atoms with van der Waals surface area (Å²) in [5, 5.41) is 11.1. The van der Waals surface area contributed by atoms with E-state index in [1.807, 2.05) is 13.8 Å². The van der Waals surface area contributed by atoms with Gasteiger partial charge in [-0.2, -0.15) is 0 Å². The molecule has 1 aromatic heterocycles. The van der Waals surface area contributed by atoms with Gasteiger partial charge in [-0.25, -0.2) is 0 Å². The molecule has 0 atom stereocenters. The molecule has 0 spiro atoms. The van der Waals surface area contributed by atoms with Gasteiger partial charge in [0, 0.05) is 18.3 Å². The number of carbonyl (C=O) groups is 2. The van der Waals surface area contributed by atoms with Crippen molar-refractivity contribution < 1.29 is 19.1 Å². The third kappa shape index (κ3) is 10.2. The van der Waals surface area contributed by atoms with E-state index in [1.165, 1.54) is 32.1 Å². The first-order valence-corrected chi connectivity index (χ1v) is 10.4. The largest absolute Gasteiger partial charge is 0.480 e. The van der Waals surface area contributed by atoms with Crippen LogP contribution in [0, 0.1) is 5.41 Å². The Labute approximate surface area is 163 Å². The van der Waals surface area contributed by atoms with Crippen LogP contribution in [0.2, 0.25) is 0 Å². The standard InChI is InChI=1S/C22H37NO4/c1-4-12-18-14-15-19(27-18)13-10-8-6-5-7-9-11-16-22(2,3)21(26)23-17-20(24)25/h14-15H,4-13,16-17H2,1-3H3,(H,23,26)(H,24,25). The van der Waals surface area contributed by atoms with E-state index in [9.17, 15) is 9.59 Å². The van der Waals surface area contributed by atoms with Crippen molar-refractivity contribution in [2.75, 3.05) is 6.54 Å². The first-order chi connectivity index (χ1) is 12.8. The molecule has 0 saturated heterocycles. The maximum Gasteiger partial charge on any atom is 0.322 e. The van der Waals surface area contributed by atoms with Gasteiger partial charge in [0.1, 0.15) is 18.1 Å². The monoisotopic (exact) mass is 379 g/mol. The fourth-order valence-corrected chi connectivity index (χ4v) is 3.20. The lowest BCUT2D eigenvalue weighted by Crippen LogP contribution is -2.39. The molecule has 0 bridgehead atoms. The first-order valence-electron chi connectivity index (χ1n) is 10.4. The molecule has 27 heavy (non-hydrogen) atoms. The Morgan fingerprint density at radius 3 is 2.11 bits per heavy atom. The molecule has 5 heteroatoms. The fourth-order valence-electron chi connectivity index (χ4n) is 3.20. The Kier molecular flexibility index (Phi) is 10.8. The number of rotatable bonds is 15. The summed E-state index contributed by atoms with van der Waals surface area (Å²) in [7, 11) is 0. The maximum atomic E-state index is 12.0. The topological polar surface area (TPSA) is 79.5 Å². The lowest BCUT2D eigenvalue weighted by molar-refractivity contribution is -0.139. The molecule has 1 aromatic rings. The van der Waals surface area contributed by atoms with Crippen molar-refractivity contribution in [3.8, 4) is 0 Å². The second-order valence-corrected chi connectivity index (χ2v) is 8.05. The average molecular weight is 380 g/mol. The zero-order valence-corrected chi connectivity index (χ0v) is 17.3. The predicted octanol–water partition coefficient (Wildman–Crippen LogP) is 5.12. The van der Waals surface area contributed by atoms with Crippen LogP contribution >= 0.6 is 0 Å². The maximum absolute atomic E-state index is 12.0. The summed E-state index contributed by atoms with van der Waals surface area (Å²) in [6, 6.07) is 4.21. The Hall–Kier alpha value is -1.78. The van der Waals surface area contributed by atoms with Crippen molar-refractivity contribution in [3.05, 3.63) is 23.7 Å². The number of aliphatic carboxylic acids is 1. The number of nitrogens with one attached hydrogen (secondary N) is 1. The summed E-state index contributed by atoms with van der Waals surface area (Å²) in [6.45, 7) is 5.62. The van der Waals surface area contributed by atoms with Crippen LogP contribution < -0.4 is 5.32 Å². The molecule has 1 amide bonds. The summed E-state index contributed by atoms with van der Waals surface area (Å²) in [5.41, 5.74) is -0.505. The van der Waals surface area contributed by atoms with Crippen molar-refractivity contribution in [3.63, 3.8) is 0 Å². The second kappa shape index (κ2) is 12.6. The van der Waals surface area contributed by atoms with Gasteiger partial charge < -0.3 is 14.8 Å². The van der Waals surface area contributed by atoms with Crippen LogP contribution in [0.4, 0.5) is 0 Å². The number of unbranched alkanes of at least 4 members (excludes halogenated alkanes) is 6. The minimum Gasteiger partial charge on any atom is -0.480 e. The number of aryl methyl sites for hydroxylation is 2. The summed E-state index contributed by atoms with van der Waals surface area (Å²) in [4.78, 5) is 22.5. The van der Waals surface area contributed by atoms with Gasteiger partial charge in [0.05, 0.1) is 0 Å². The van der Waals surface area contributed by atoms with Crippen LogP contribution in [0.25, 0.3) is 0 Å². The number of hydrogen-bond donors (Lipinski definition) is 2. The third-order valence-corrected chi connectivity index (χ3v) is 4.95. The van der Waals surface area contributed by atoms with E-state index in [0.29, 0.717) is 0 Å². The fraction of sp³-hybridized carbons (Fsp3) is 0.727. The Morgan fingerprint density at radius 1 is 0.963 bits per heavy atom. The molecule has 0 aromatic carbocycles. The summed E-state index contributed by atoms with van der Waals surface area (Å²) in [6.07, 6.45) is 12.1. The van der Waals surface area contributed by atoms with Gasteiger partial charge in [0.25, 0.3) is 0 Å². The summed E-state index contributed by atoms with van der Waals surface area (Å²) >= 11 is 0. The van der Waals surface area contributed by atoms with Crippen LogP contribution in [-0.2, 0) is 22.4 Å². The molecule has 0 fully saturated rings. The molecule has 0 aliphatic heterocycles. The van der Waals surface area contributed by atoms with Crippen molar-refractivity contribution >= 4 is 11.9 Å². The van der Waals surface area contributed by atoms with E-state index in [2.05, 4.69) is 24.4 Å². The predicted molar refractivity (Wildman–Crippen MR) is 108 cm³/mol. The number of carboxylic acid groups (broad SMARTS) is 1. The molecule has 1 rings (SSSR count). The van der Waals surface area contributed by atoms with Crippen LogP contribution in [0.3, 0.4) is 0 Å². The van der Waals surface area contributed by atoms with Crippen molar-refractivity contribution in [1.82, 2.24) is 5.32 Å². The van der Waals surface area contributed by atoms with Gasteiger partial charge in [-0.05, 0) is 31.4 Å². The molecular formula is C22H37NO4. The van der Waals surface area contributed by atoms with E-state index in [4.69, 9.17) is 9.52 Å². The van der Waals surface area contributed by atoms with Gasteiger partial charge in [0.15, 0.2) is 0 Å². The highest BCUT2D eigenvalue weighted by Crippen LogP contribution is 2.24. The van der Waals surface area contributed by atoms with Gasteiger partial charge in [-0.15, -0.1) is 0 Å². The molecule has 0 saturated carbocycles. The average Bonchev–Trinajstić information content (AvgIpc) is 3.05. The zero-order chi connectivity index (χ0) is 20.1. The van der Waals surface area contributed by atoms with Gasteiger partial charge in [-0.3, -0.25) is 9.59 Å². The minimum absolute atomic E-state index is 0.176. The van der Waals surface area contributed by atoms with E-state index >= 15 is 0 Å². The molecule has 0 unspecified atom stereocenters. The van der Waals surface area contributed by atoms with Gasteiger partial charge in [0.2, 0.25) is 5.91 Å². The van der Waals surface area contributed by atoms with Crippen LogP contribution in [0.1, 0.15) is 90.1 Å². The third-order valence-electron chi connectivity index (χ3n) is 4.95. The normalized spacial score (nSPS) is 11.5. The van der Waals surface area contributed by atoms with Crippen LogP contribution in [0.5, 0.6) is 0 Å². The van der Waals surface area contributed by atoms with Crippen LogP contribution in [-0.4, -0.2) is 23.5 Å². The summed E-state index contributed by atoms with van der Waals surface area (Å²) < 4.78 is 5.80. The zero-order valence-electron chi connectivity index (χ0n) is 17.3. The van der Waals surface area contributed by atoms with Crippen molar-refractivity contribution in [2.45, 2.75) is 91.4 Å². The van der Waals surface area contributed by atoms with E-state index < -0.39 is 11.4 Å². The molecule has 0 radical (unpaired) electrons. The van der Waals surface area contributed by atoms with E-state index in [0.717, 1.165) is 50.0 Å². The van der Waals surface area contributed by atoms with Crippen molar-refractivity contribution in [1.29, 1.82) is 0 Å². The number of carbonyl (C=O) groups excluding carboxylic acids is 1. The lowest BCUT2D eigenvalue weighted by atomic mass is 9.85. The quantitative estimate of drug-likeness (QED) is 0.414. The summed E-state index contributed by atoms with van der Waals surface area (Å²) in [5.74, 6) is 1.03. The molecule has 154 valence electrons. The van der Waals surface area contributed by atoms with Crippen molar-refractivity contribution in [2.24, 2.45) is 5.41 Å². The minimum atomic E-state index is -1.01. The Bertz CT molecular complexity index is 562. The highest BCUT2D eigenvalue weighted by molar-refractivity contribution is 5.85. The van der Waals surface area contributed by atoms with E-state index in [-0.39, 0.29) is 12.5 Å². The molecule has 0 aliphatic rings. The molecule has 5 nitrogen and oxygen atoms in total. The number of carboxylic acids is 1. The molecule has 2 N–H and O–H groups in total. The van der Waals surface area contributed by atoms with E-state index in [1.54, 1.807) is 0 Å². The smallest absolute Gasteiger partial charge is 0.322 e. The molecular weight excluding hydrogens is 342 g/mol. The Balaban J connectivity index is 2.01. The highest BCUT2D eigenvalue weighted by atomic mass is 16.4. The van der Waals surface area contributed by atoms with Gasteiger partial charge >= 0.3 is 5.97 Å². The highest BCUT2D eigenvalue weighted by Gasteiger charge is 2.26. The molecule has 0 aliphatic carbocycles. The number of hydrogen-bond acceptors (Lipinski definition) is 3. The Morgan fingerprint density at radius 2 is 1.52 bits per heavy atom. The number of furan rings is 1. The first kappa shape index (κ1) is 23.3. The SMILES string of the molecule is CCCc1ccc(CCCCCCCCCC(C)(C)C(=O)NCC(=O)O)o1.